The highest BCUT2D eigenvalue weighted by atomic mass is 35.5. The van der Waals surface area contributed by atoms with Crippen molar-refractivity contribution in [2.24, 2.45) is 11.7 Å². The van der Waals surface area contributed by atoms with Gasteiger partial charge in [0.25, 0.3) is 0 Å². The molecule has 0 heterocycles. The van der Waals surface area contributed by atoms with E-state index in [1.165, 1.54) is 50.5 Å². The van der Waals surface area contributed by atoms with Crippen molar-refractivity contribution in [3.63, 3.8) is 0 Å². The summed E-state index contributed by atoms with van der Waals surface area (Å²) in [6.07, 6.45) is 13.9. The number of ether oxygens (including phenoxy) is 1. The second-order valence-corrected chi connectivity index (χ2v) is 9.11. The number of nitrogens with two attached hydrogens (primary N) is 1. The predicted octanol–water partition coefficient (Wildman–Crippen LogP) is 6.51. The van der Waals surface area contributed by atoms with Crippen LogP contribution in [0.4, 0.5) is 0 Å². The van der Waals surface area contributed by atoms with Crippen LogP contribution in [0, 0.1) is 5.92 Å². The molecule has 0 aromatic heterocycles. The zero-order valence-electron chi connectivity index (χ0n) is 15.8. The lowest BCUT2D eigenvalue weighted by Crippen LogP contribution is -2.50. The molecule has 0 radical (unpaired) electrons. The summed E-state index contributed by atoms with van der Waals surface area (Å²) in [5.74, 6) is 0.902. The number of hydrogen-bond donors (Lipinski definition) is 1. The third-order valence-electron chi connectivity index (χ3n) is 6.65. The van der Waals surface area contributed by atoms with E-state index < -0.39 is 0 Å². The molecule has 0 saturated heterocycles. The van der Waals surface area contributed by atoms with E-state index >= 15 is 0 Å². The summed E-state index contributed by atoms with van der Waals surface area (Å²) in [7, 11) is 0. The molecule has 146 valence electrons. The molecule has 1 unspecified atom stereocenters. The zero-order chi connectivity index (χ0) is 18.4. The van der Waals surface area contributed by atoms with Gasteiger partial charge in [0.1, 0.15) is 0 Å². The standard InChI is InChI=1S/C22H33Cl2NO/c23-19-10-9-18(16-20(19)24)22(12-5-13-22)21(25)8-4-14-26-15-11-17-6-2-1-3-7-17/h9-10,16-17,21H,1-8,11-15,25H2. The molecule has 0 bridgehead atoms. The van der Waals surface area contributed by atoms with Crippen LogP contribution in [0.3, 0.4) is 0 Å². The van der Waals surface area contributed by atoms with Gasteiger partial charge in [-0.05, 0) is 55.7 Å². The molecule has 2 N–H and O–H groups in total. The van der Waals surface area contributed by atoms with Crippen LogP contribution in [0.25, 0.3) is 0 Å². The van der Waals surface area contributed by atoms with E-state index in [4.69, 9.17) is 33.7 Å². The largest absolute Gasteiger partial charge is 0.381 e. The van der Waals surface area contributed by atoms with Gasteiger partial charge in [0.05, 0.1) is 10.0 Å². The lowest BCUT2D eigenvalue weighted by molar-refractivity contribution is 0.103. The molecule has 3 rings (SSSR count). The van der Waals surface area contributed by atoms with Gasteiger partial charge in [0.2, 0.25) is 0 Å². The average molecular weight is 398 g/mol. The van der Waals surface area contributed by atoms with E-state index in [1.54, 1.807) is 0 Å². The minimum atomic E-state index is 0.0797. The molecular weight excluding hydrogens is 365 g/mol. The van der Waals surface area contributed by atoms with Crippen molar-refractivity contribution in [2.75, 3.05) is 13.2 Å². The first-order chi connectivity index (χ1) is 12.6. The second-order valence-electron chi connectivity index (χ2n) is 8.29. The topological polar surface area (TPSA) is 35.2 Å². The zero-order valence-corrected chi connectivity index (χ0v) is 17.3. The predicted molar refractivity (Wildman–Crippen MR) is 111 cm³/mol. The maximum absolute atomic E-state index is 6.63. The van der Waals surface area contributed by atoms with Crippen molar-refractivity contribution < 1.29 is 4.74 Å². The van der Waals surface area contributed by atoms with Crippen molar-refractivity contribution >= 4 is 23.2 Å². The molecule has 2 saturated carbocycles. The minimum absolute atomic E-state index is 0.0797. The van der Waals surface area contributed by atoms with Gasteiger partial charge < -0.3 is 10.5 Å². The Labute approximate surface area is 168 Å². The van der Waals surface area contributed by atoms with Gasteiger partial charge in [-0.3, -0.25) is 0 Å². The molecule has 2 aliphatic rings. The summed E-state index contributed by atoms with van der Waals surface area (Å²) in [5.41, 5.74) is 7.97. The first kappa shape index (κ1) is 20.5. The first-order valence-electron chi connectivity index (χ1n) is 10.4. The quantitative estimate of drug-likeness (QED) is 0.481. The van der Waals surface area contributed by atoms with E-state index in [-0.39, 0.29) is 11.5 Å². The summed E-state index contributed by atoms with van der Waals surface area (Å²) in [6.45, 7) is 1.75. The Morgan fingerprint density at radius 2 is 1.81 bits per heavy atom. The Balaban J connectivity index is 1.40. The van der Waals surface area contributed by atoms with Crippen molar-refractivity contribution in [2.45, 2.75) is 82.1 Å². The molecule has 2 fully saturated rings. The third kappa shape index (κ3) is 4.95. The normalized spacial score (nSPS) is 21.3. The van der Waals surface area contributed by atoms with Crippen LogP contribution < -0.4 is 5.73 Å². The van der Waals surface area contributed by atoms with Gasteiger partial charge in [-0.1, -0.05) is 67.8 Å². The number of halogens is 2. The van der Waals surface area contributed by atoms with Crippen molar-refractivity contribution in [3.05, 3.63) is 33.8 Å². The molecule has 0 spiro atoms. The Morgan fingerprint density at radius 3 is 2.46 bits per heavy atom. The summed E-state index contributed by atoms with van der Waals surface area (Å²) < 4.78 is 5.90. The van der Waals surface area contributed by atoms with Crippen LogP contribution >= 0.6 is 23.2 Å². The number of hydrogen-bond acceptors (Lipinski definition) is 2. The van der Waals surface area contributed by atoms with E-state index in [1.807, 2.05) is 12.1 Å². The smallest absolute Gasteiger partial charge is 0.0595 e. The first-order valence-corrected chi connectivity index (χ1v) is 11.2. The molecule has 0 amide bonds. The Bertz CT molecular complexity index is 567. The summed E-state index contributed by atoms with van der Waals surface area (Å²) in [4.78, 5) is 0. The van der Waals surface area contributed by atoms with Crippen LogP contribution in [-0.4, -0.2) is 19.3 Å². The Kier molecular flexibility index (Phi) is 7.69. The fraction of sp³-hybridized carbons (Fsp3) is 0.727. The van der Waals surface area contributed by atoms with Gasteiger partial charge in [-0.15, -0.1) is 0 Å². The SMILES string of the molecule is NC(CCCOCCC1CCCCC1)C1(c2ccc(Cl)c(Cl)c2)CCC1. The van der Waals surface area contributed by atoms with Gasteiger partial charge in [0.15, 0.2) is 0 Å². The van der Waals surface area contributed by atoms with Gasteiger partial charge in [-0.25, -0.2) is 0 Å². The molecule has 26 heavy (non-hydrogen) atoms. The lowest BCUT2D eigenvalue weighted by atomic mass is 9.59. The van der Waals surface area contributed by atoms with Crippen LogP contribution in [0.15, 0.2) is 18.2 Å². The molecule has 4 heteroatoms. The average Bonchev–Trinajstić information content (AvgIpc) is 2.61. The highest BCUT2D eigenvalue weighted by Crippen LogP contribution is 2.48. The minimum Gasteiger partial charge on any atom is -0.381 e. The molecule has 2 aliphatic carbocycles. The summed E-state index contributed by atoms with van der Waals surface area (Å²) >= 11 is 12.3. The Morgan fingerprint density at radius 1 is 1.04 bits per heavy atom. The second kappa shape index (κ2) is 9.78. The maximum atomic E-state index is 6.63. The Hall–Kier alpha value is -0.280. The van der Waals surface area contributed by atoms with Crippen molar-refractivity contribution in [1.29, 1.82) is 0 Å². The summed E-state index contributed by atoms with van der Waals surface area (Å²) in [6, 6.07) is 6.19. The van der Waals surface area contributed by atoms with Crippen LogP contribution in [0.5, 0.6) is 0 Å². The lowest BCUT2D eigenvalue weighted by Gasteiger charge is -2.47. The van der Waals surface area contributed by atoms with Crippen molar-refractivity contribution in [1.82, 2.24) is 0 Å². The fourth-order valence-corrected chi connectivity index (χ4v) is 5.04. The maximum Gasteiger partial charge on any atom is 0.0595 e. The molecule has 1 aromatic rings. The van der Waals surface area contributed by atoms with Crippen LogP contribution in [0.2, 0.25) is 10.0 Å². The third-order valence-corrected chi connectivity index (χ3v) is 7.39. The van der Waals surface area contributed by atoms with Gasteiger partial charge in [-0.2, -0.15) is 0 Å². The van der Waals surface area contributed by atoms with E-state index in [0.29, 0.717) is 10.0 Å². The number of rotatable bonds is 9. The van der Waals surface area contributed by atoms with Crippen molar-refractivity contribution in [3.8, 4) is 0 Å². The molecule has 1 aromatic carbocycles. The monoisotopic (exact) mass is 397 g/mol. The summed E-state index contributed by atoms with van der Waals surface area (Å²) in [5, 5.41) is 1.25. The van der Waals surface area contributed by atoms with Crippen LogP contribution in [0.1, 0.15) is 76.2 Å². The van der Waals surface area contributed by atoms with Gasteiger partial charge in [0, 0.05) is 24.7 Å². The number of benzene rings is 1. The van der Waals surface area contributed by atoms with Crippen LogP contribution in [-0.2, 0) is 10.2 Å². The highest BCUT2D eigenvalue weighted by molar-refractivity contribution is 6.42. The highest BCUT2D eigenvalue weighted by Gasteiger charge is 2.43. The van der Waals surface area contributed by atoms with E-state index in [2.05, 4.69) is 6.07 Å². The van der Waals surface area contributed by atoms with E-state index in [9.17, 15) is 0 Å². The fourth-order valence-electron chi connectivity index (χ4n) is 4.75. The molecule has 0 aliphatic heterocycles. The molecule has 1 atom stereocenters. The molecular formula is C22H33Cl2NO. The van der Waals surface area contributed by atoms with Gasteiger partial charge >= 0.3 is 0 Å². The van der Waals surface area contributed by atoms with E-state index in [0.717, 1.165) is 44.8 Å². The molecule has 2 nitrogen and oxygen atoms in total.